The lowest BCUT2D eigenvalue weighted by molar-refractivity contribution is -0.274. The van der Waals surface area contributed by atoms with Crippen molar-refractivity contribution in [3.63, 3.8) is 0 Å². The van der Waals surface area contributed by atoms with E-state index in [-0.39, 0.29) is 11.5 Å². The predicted molar refractivity (Wildman–Crippen MR) is 103 cm³/mol. The molecule has 1 amide bonds. The van der Waals surface area contributed by atoms with Gasteiger partial charge in [-0.05, 0) is 54.5 Å². The van der Waals surface area contributed by atoms with Crippen molar-refractivity contribution in [1.82, 2.24) is 0 Å². The number of sulfonamides is 1. The van der Waals surface area contributed by atoms with Crippen LogP contribution in [0.2, 0.25) is 0 Å². The van der Waals surface area contributed by atoms with Gasteiger partial charge in [-0.3, -0.25) is 9.10 Å². The normalized spacial score (nSPS) is 16.2. The van der Waals surface area contributed by atoms with Crippen molar-refractivity contribution >= 4 is 33.4 Å². The summed E-state index contributed by atoms with van der Waals surface area (Å²) >= 11 is 0. The molecule has 0 unspecified atom stereocenters. The van der Waals surface area contributed by atoms with E-state index >= 15 is 0 Å². The molecule has 6 nitrogen and oxygen atoms in total. The van der Waals surface area contributed by atoms with Crippen LogP contribution in [0, 0.1) is 0 Å². The molecule has 0 radical (unpaired) electrons. The number of benzene rings is 2. The van der Waals surface area contributed by atoms with Crippen molar-refractivity contribution in [2.75, 3.05) is 21.9 Å². The van der Waals surface area contributed by atoms with Crippen LogP contribution < -0.4 is 14.4 Å². The zero-order valence-electron chi connectivity index (χ0n) is 15.0. The van der Waals surface area contributed by atoms with Crippen LogP contribution in [0.1, 0.15) is 12.0 Å². The van der Waals surface area contributed by atoms with Gasteiger partial charge in [-0.2, -0.15) is 0 Å². The molecule has 0 atom stereocenters. The lowest BCUT2D eigenvalue weighted by atomic mass is 10.2. The molecule has 1 N–H and O–H groups in total. The third kappa shape index (κ3) is 5.74. The van der Waals surface area contributed by atoms with Gasteiger partial charge in [0.05, 0.1) is 11.4 Å². The first-order valence-corrected chi connectivity index (χ1v) is 10.2. The number of nitrogens with one attached hydrogen (secondary N) is 1. The molecule has 3 rings (SSSR count). The molecule has 2 aromatic carbocycles. The molecule has 0 spiro atoms. The minimum absolute atomic E-state index is 0.125. The van der Waals surface area contributed by atoms with Gasteiger partial charge in [0.25, 0.3) is 0 Å². The molecule has 154 valence electrons. The van der Waals surface area contributed by atoms with Crippen molar-refractivity contribution in [1.29, 1.82) is 0 Å². The Kier molecular flexibility index (Phi) is 5.83. The molecule has 0 aromatic heterocycles. The maximum Gasteiger partial charge on any atom is 0.573 e. The zero-order valence-corrected chi connectivity index (χ0v) is 15.8. The molecule has 0 aliphatic carbocycles. The lowest BCUT2D eigenvalue weighted by Crippen LogP contribution is -2.24. The second kappa shape index (κ2) is 8.16. The smallest absolute Gasteiger partial charge is 0.406 e. The number of carbonyl (C=O) groups is 1. The van der Waals surface area contributed by atoms with E-state index in [2.05, 4.69) is 10.1 Å². The Balaban J connectivity index is 1.58. The fourth-order valence-electron chi connectivity index (χ4n) is 2.78. The summed E-state index contributed by atoms with van der Waals surface area (Å²) < 4.78 is 65.3. The second-order valence-electron chi connectivity index (χ2n) is 6.23. The van der Waals surface area contributed by atoms with Crippen LogP contribution in [0.15, 0.2) is 54.6 Å². The Morgan fingerprint density at radius 1 is 1.07 bits per heavy atom. The number of amides is 1. The van der Waals surface area contributed by atoms with E-state index in [1.807, 2.05) is 0 Å². The van der Waals surface area contributed by atoms with E-state index in [9.17, 15) is 26.4 Å². The standard InChI is InChI=1S/C19H17F3N2O4S/c20-19(21,22)28-17-9-2-14(3-10-17)4-11-18(25)23-15-5-7-16(8-6-15)24-12-1-13-29(24,26)27/h2-11H,1,12-13H2,(H,23,25)/b11-4+. The summed E-state index contributed by atoms with van der Waals surface area (Å²) in [6.45, 7) is 0.434. The molecular formula is C19H17F3N2O4S. The monoisotopic (exact) mass is 426 g/mol. The highest BCUT2D eigenvalue weighted by Gasteiger charge is 2.31. The van der Waals surface area contributed by atoms with E-state index in [0.717, 1.165) is 12.1 Å². The Morgan fingerprint density at radius 2 is 1.72 bits per heavy atom. The maximum atomic E-state index is 12.1. The van der Waals surface area contributed by atoms with E-state index in [1.54, 1.807) is 24.3 Å². The number of alkyl halides is 3. The summed E-state index contributed by atoms with van der Waals surface area (Å²) in [5.74, 6) is -0.666. The molecule has 0 saturated carbocycles. The third-order valence-electron chi connectivity index (χ3n) is 4.06. The van der Waals surface area contributed by atoms with Crippen molar-refractivity contribution < 1.29 is 31.1 Å². The number of carbonyl (C=O) groups excluding carboxylic acids is 1. The summed E-state index contributed by atoms with van der Waals surface area (Å²) in [7, 11) is -3.27. The third-order valence-corrected chi connectivity index (χ3v) is 5.93. The molecular weight excluding hydrogens is 409 g/mol. The van der Waals surface area contributed by atoms with E-state index in [0.29, 0.717) is 29.9 Å². The highest BCUT2D eigenvalue weighted by Crippen LogP contribution is 2.25. The van der Waals surface area contributed by atoms with Crippen LogP contribution >= 0.6 is 0 Å². The quantitative estimate of drug-likeness (QED) is 0.739. The minimum Gasteiger partial charge on any atom is -0.406 e. The molecule has 1 aliphatic heterocycles. The van der Waals surface area contributed by atoms with Gasteiger partial charge in [0.2, 0.25) is 15.9 Å². The molecule has 29 heavy (non-hydrogen) atoms. The lowest BCUT2D eigenvalue weighted by Gasteiger charge is -2.17. The van der Waals surface area contributed by atoms with Crippen LogP contribution in [0.25, 0.3) is 6.08 Å². The summed E-state index contributed by atoms with van der Waals surface area (Å²) in [4.78, 5) is 12.0. The number of ether oxygens (including phenoxy) is 1. The molecule has 2 aromatic rings. The van der Waals surface area contributed by atoms with Crippen molar-refractivity contribution in [3.8, 4) is 5.75 Å². The Bertz CT molecular complexity index is 1000. The first-order chi connectivity index (χ1) is 13.6. The molecule has 1 heterocycles. The van der Waals surface area contributed by atoms with Gasteiger partial charge in [0.15, 0.2) is 0 Å². The molecule has 0 bridgehead atoms. The Morgan fingerprint density at radius 3 is 2.28 bits per heavy atom. The fourth-order valence-corrected chi connectivity index (χ4v) is 4.34. The van der Waals surface area contributed by atoms with E-state index in [4.69, 9.17) is 0 Å². The van der Waals surface area contributed by atoms with Crippen LogP contribution in [0.5, 0.6) is 5.75 Å². The zero-order chi connectivity index (χ0) is 21.1. The topological polar surface area (TPSA) is 75.7 Å². The van der Waals surface area contributed by atoms with Gasteiger partial charge in [-0.25, -0.2) is 8.42 Å². The fraction of sp³-hybridized carbons (Fsp3) is 0.211. The van der Waals surface area contributed by atoms with Crippen molar-refractivity contribution in [2.24, 2.45) is 0 Å². The highest BCUT2D eigenvalue weighted by molar-refractivity contribution is 7.93. The average molecular weight is 426 g/mol. The number of hydrogen-bond donors (Lipinski definition) is 1. The SMILES string of the molecule is O=C(/C=C/c1ccc(OC(F)(F)F)cc1)Nc1ccc(N2CCCS2(=O)=O)cc1. The summed E-state index contributed by atoms with van der Waals surface area (Å²) in [5, 5.41) is 2.63. The van der Waals surface area contributed by atoms with Crippen LogP contribution in [-0.4, -0.2) is 33.0 Å². The molecule has 1 fully saturated rings. The molecule has 10 heteroatoms. The number of anilines is 2. The van der Waals surface area contributed by atoms with Crippen molar-refractivity contribution in [2.45, 2.75) is 12.8 Å². The number of nitrogens with zero attached hydrogens (tertiary/aromatic N) is 1. The van der Waals surface area contributed by atoms with E-state index < -0.39 is 22.3 Å². The van der Waals surface area contributed by atoms with Gasteiger partial charge in [-0.1, -0.05) is 12.1 Å². The largest absolute Gasteiger partial charge is 0.573 e. The predicted octanol–water partition coefficient (Wildman–Crippen LogP) is 3.78. The Labute approximate surface area is 165 Å². The second-order valence-corrected chi connectivity index (χ2v) is 8.24. The molecule has 1 aliphatic rings. The van der Waals surface area contributed by atoms with Crippen LogP contribution in [-0.2, 0) is 14.8 Å². The van der Waals surface area contributed by atoms with Crippen LogP contribution in [0.3, 0.4) is 0 Å². The van der Waals surface area contributed by atoms with Gasteiger partial charge in [-0.15, -0.1) is 13.2 Å². The van der Waals surface area contributed by atoms with Gasteiger partial charge in [0, 0.05) is 18.3 Å². The van der Waals surface area contributed by atoms with E-state index in [1.165, 1.54) is 28.6 Å². The van der Waals surface area contributed by atoms with Gasteiger partial charge >= 0.3 is 6.36 Å². The first kappa shape index (κ1) is 20.7. The highest BCUT2D eigenvalue weighted by atomic mass is 32.2. The number of rotatable bonds is 5. The maximum absolute atomic E-state index is 12.1. The summed E-state index contributed by atoms with van der Waals surface area (Å²) in [5.41, 5.74) is 1.54. The summed E-state index contributed by atoms with van der Waals surface area (Å²) in [6.07, 6.45) is -1.50. The summed E-state index contributed by atoms with van der Waals surface area (Å²) in [6, 6.07) is 11.5. The Hall–Kier alpha value is -3.01. The number of hydrogen-bond acceptors (Lipinski definition) is 4. The van der Waals surface area contributed by atoms with Crippen LogP contribution in [0.4, 0.5) is 24.5 Å². The average Bonchev–Trinajstić information content (AvgIpc) is 3.00. The first-order valence-electron chi connectivity index (χ1n) is 8.58. The van der Waals surface area contributed by atoms with Crippen molar-refractivity contribution in [3.05, 3.63) is 60.2 Å². The molecule has 1 saturated heterocycles. The van der Waals surface area contributed by atoms with Gasteiger partial charge in [0.1, 0.15) is 5.75 Å². The van der Waals surface area contributed by atoms with Gasteiger partial charge < -0.3 is 10.1 Å². The number of halogens is 3. The minimum atomic E-state index is -4.76.